The molecule has 2 aliphatic rings. The minimum absolute atomic E-state index is 0.142. The summed E-state index contributed by atoms with van der Waals surface area (Å²) in [5, 5.41) is 0. The van der Waals surface area contributed by atoms with Crippen LogP contribution < -0.4 is 0 Å². The molecule has 0 aromatic heterocycles. The van der Waals surface area contributed by atoms with E-state index >= 15 is 0 Å². The largest absolute Gasteiger partial charge is 0.368 e. The van der Waals surface area contributed by atoms with E-state index in [1.807, 2.05) is 12.2 Å². The van der Waals surface area contributed by atoms with Crippen molar-refractivity contribution in [3.63, 3.8) is 0 Å². The van der Waals surface area contributed by atoms with Crippen LogP contribution in [0.3, 0.4) is 0 Å². The van der Waals surface area contributed by atoms with Crippen LogP contribution in [0.15, 0.2) is 25.3 Å². The van der Waals surface area contributed by atoms with Crippen molar-refractivity contribution in [3.05, 3.63) is 25.3 Å². The maximum absolute atomic E-state index is 5.52. The molecular formula is C10H14O. The highest BCUT2D eigenvalue weighted by Crippen LogP contribution is 2.52. The van der Waals surface area contributed by atoms with Crippen LogP contribution in [-0.2, 0) is 4.74 Å². The van der Waals surface area contributed by atoms with Gasteiger partial charge in [-0.1, -0.05) is 12.2 Å². The smallest absolute Gasteiger partial charge is 0.104 e. The molecular weight excluding hydrogens is 136 g/mol. The van der Waals surface area contributed by atoms with Crippen LogP contribution in [0.4, 0.5) is 0 Å². The minimum Gasteiger partial charge on any atom is -0.368 e. The molecule has 0 aromatic rings. The number of hydrogen-bond donors (Lipinski definition) is 0. The van der Waals surface area contributed by atoms with E-state index in [1.165, 1.54) is 12.8 Å². The van der Waals surface area contributed by atoms with Crippen LogP contribution >= 0.6 is 0 Å². The fourth-order valence-electron chi connectivity index (χ4n) is 2.27. The Labute approximate surface area is 67.7 Å². The summed E-state index contributed by atoms with van der Waals surface area (Å²) in [6.07, 6.45) is 6.52. The van der Waals surface area contributed by atoms with Crippen molar-refractivity contribution >= 4 is 0 Å². The van der Waals surface area contributed by atoms with Crippen LogP contribution in [0, 0.1) is 11.8 Å². The van der Waals surface area contributed by atoms with E-state index in [4.69, 9.17) is 4.74 Å². The Kier molecular flexibility index (Phi) is 1.43. The van der Waals surface area contributed by atoms with Crippen molar-refractivity contribution in [2.24, 2.45) is 11.8 Å². The first-order valence-corrected chi connectivity index (χ1v) is 4.22. The average Bonchev–Trinajstić information content (AvgIpc) is 2.68. The van der Waals surface area contributed by atoms with Crippen molar-refractivity contribution in [3.8, 4) is 0 Å². The van der Waals surface area contributed by atoms with E-state index in [2.05, 4.69) is 13.2 Å². The van der Waals surface area contributed by atoms with E-state index in [9.17, 15) is 0 Å². The highest BCUT2D eigenvalue weighted by atomic mass is 16.6. The van der Waals surface area contributed by atoms with Gasteiger partial charge in [-0.15, -0.1) is 13.2 Å². The summed E-state index contributed by atoms with van der Waals surface area (Å²) in [5.74, 6) is 1.15. The topological polar surface area (TPSA) is 12.5 Å². The summed E-state index contributed by atoms with van der Waals surface area (Å²) in [7, 11) is 0. The fourth-order valence-corrected chi connectivity index (χ4v) is 2.27. The van der Waals surface area contributed by atoms with Gasteiger partial charge >= 0.3 is 0 Å². The molecule has 11 heavy (non-hydrogen) atoms. The second kappa shape index (κ2) is 2.21. The Morgan fingerprint density at radius 1 is 1.18 bits per heavy atom. The van der Waals surface area contributed by atoms with Crippen LogP contribution in [0.5, 0.6) is 0 Å². The number of rotatable bonds is 2. The van der Waals surface area contributed by atoms with Gasteiger partial charge in [-0.25, -0.2) is 0 Å². The zero-order valence-electron chi connectivity index (χ0n) is 6.75. The molecule has 0 bridgehead atoms. The van der Waals surface area contributed by atoms with Gasteiger partial charge in [0.15, 0.2) is 0 Å². The van der Waals surface area contributed by atoms with Crippen molar-refractivity contribution in [2.75, 3.05) is 6.61 Å². The molecule has 0 N–H and O–H groups in total. The second-order valence-corrected chi connectivity index (χ2v) is 3.51. The molecule has 1 heteroatoms. The third-order valence-corrected chi connectivity index (χ3v) is 3.09. The molecule has 0 amide bonds. The second-order valence-electron chi connectivity index (χ2n) is 3.51. The SMILES string of the molecule is C=C[C@@H]1CC[C@@H](C=C)C12CO2. The summed E-state index contributed by atoms with van der Waals surface area (Å²) in [6, 6.07) is 0. The van der Waals surface area contributed by atoms with Gasteiger partial charge in [-0.3, -0.25) is 0 Å². The molecule has 1 saturated carbocycles. The summed E-state index contributed by atoms with van der Waals surface area (Å²) in [6.45, 7) is 8.58. The van der Waals surface area contributed by atoms with E-state index in [0.717, 1.165) is 6.61 Å². The Morgan fingerprint density at radius 3 is 1.91 bits per heavy atom. The van der Waals surface area contributed by atoms with Crippen LogP contribution in [0.1, 0.15) is 12.8 Å². The third-order valence-electron chi connectivity index (χ3n) is 3.09. The molecule has 1 aliphatic carbocycles. The van der Waals surface area contributed by atoms with Gasteiger partial charge < -0.3 is 4.74 Å². The van der Waals surface area contributed by atoms with Crippen LogP contribution in [0.2, 0.25) is 0 Å². The predicted octanol–water partition coefficient (Wildman–Crippen LogP) is 2.15. The number of ether oxygens (including phenoxy) is 1. The van der Waals surface area contributed by atoms with E-state index < -0.39 is 0 Å². The van der Waals surface area contributed by atoms with E-state index in [1.54, 1.807) is 0 Å². The first-order valence-electron chi connectivity index (χ1n) is 4.22. The summed E-state index contributed by atoms with van der Waals surface area (Å²) < 4.78 is 5.52. The highest BCUT2D eigenvalue weighted by molar-refractivity contribution is 5.16. The zero-order chi connectivity index (χ0) is 7.90. The Bertz CT molecular complexity index is 173. The monoisotopic (exact) mass is 150 g/mol. The van der Waals surface area contributed by atoms with Gasteiger partial charge in [0.25, 0.3) is 0 Å². The summed E-state index contributed by atoms with van der Waals surface area (Å²) in [5.41, 5.74) is 0.142. The standard InChI is InChI=1S/C10H14O/c1-3-8-5-6-9(4-2)10(8)7-11-10/h3-4,8-9H,1-2,5-7H2/t8-,9-/m1/s1. The first-order chi connectivity index (χ1) is 5.33. The predicted molar refractivity (Wildman–Crippen MR) is 45.3 cm³/mol. The van der Waals surface area contributed by atoms with Crippen LogP contribution in [0.25, 0.3) is 0 Å². The zero-order valence-corrected chi connectivity index (χ0v) is 6.75. The molecule has 1 nitrogen and oxygen atoms in total. The molecule has 0 aromatic carbocycles. The maximum atomic E-state index is 5.52. The van der Waals surface area contributed by atoms with Gasteiger partial charge in [0, 0.05) is 11.8 Å². The molecule has 1 saturated heterocycles. The van der Waals surface area contributed by atoms with E-state index in [-0.39, 0.29) is 5.60 Å². The lowest BCUT2D eigenvalue weighted by atomic mass is 9.90. The van der Waals surface area contributed by atoms with Crippen molar-refractivity contribution in [1.82, 2.24) is 0 Å². The lowest BCUT2D eigenvalue weighted by Gasteiger charge is -2.14. The Balaban J connectivity index is 2.19. The summed E-state index contributed by atoms with van der Waals surface area (Å²) >= 11 is 0. The van der Waals surface area contributed by atoms with E-state index in [0.29, 0.717) is 11.8 Å². The van der Waals surface area contributed by atoms with Crippen LogP contribution in [-0.4, -0.2) is 12.2 Å². The van der Waals surface area contributed by atoms with Gasteiger partial charge in [-0.05, 0) is 12.8 Å². The lowest BCUT2D eigenvalue weighted by Crippen LogP contribution is -2.22. The minimum atomic E-state index is 0.142. The lowest BCUT2D eigenvalue weighted by molar-refractivity contribution is 0.242. The molecule has 2 atom stereocenters. The molecule has 60 valence electrons. The molecule has 1 aliphatic heterocycles. The number of epoxide rings is 1. The molecule has 0 radical (unpaired) electrons. The van der Waals surface area contributed by atoms with Gasteiger partial charge in [-0.2, -0.15) is 0 Å². The quantitative estimate of drug-likeness (QED) is 0.434. The normalized spacial score (nSPS) is 38.9. The molecule has 2 fully saturated rings. The Morgan fingerprint density at radius 2 is 1.64 bits per heavy atom. The molecule has 2 rings (SSSR count). The van der Waals surface area contributed by atoms with Gasteiger partial charge in [0.1, 0.15) is 5.60 Å². The molecule has 1 spiro atoms. The maximum Gasteiger partial charge on any atom is 0.104 e. The van der Waals surface area contributed by atoms with Crippen molar-refractivity contribution in [2.45, 2.75) is 18.4 Å². The van der Waals surface area contributed by atoms with Crippen molar-refractivity contribution < 1.29 is 4.74 Å². The average molecular weight is 150 g/mol. The molecule has 1 heterocycles. The first kappa shape index (κ1) is 7.11. The number of hydrogen-bond acceptors (Lipinski definition) is 1. The summed E-state index contributed by atoms with van der Waals surface area (Å²) in [4.78, 5) is 0. The molecule has 0 unspecified atom stereocenters. The van der Waals surface area contributed by atoms with Crippen molar-refractivity contribution in [1.29, 1.82) is 0 Å². The Hall–Kier alpha value is -0.560. The third kappa shape index (κ3) is 0.807. The highest BCUT2D eigenvalue weighted by Gasteiger charge is 2.58. The van der Waals surface area contributed by atoms with Gasteiger partial charge in [0.2, 0.25) is 0 Å². The van der Waals surface area contributed by atoms with Gasteiger partial charge in [0.05, 0.1) is 6.61 Å². The fraction of sp³-hybridized carbons (Fsp3) is 0.600.